The van der Waals surface area contributed by atoms with Gasteiger partial charge in [-0.15, -0.1) is 0 Å². The van der Waals surface area contributed by atoms with Crippen LogP contribution in [0, 0.1) is 0 Å². The molecule has 1 atom stereocenters. The first-order chi connectivity index (χ1) is 19.8. The predicted octanol–water partition coefficient (Wildman–Crippen LogP) is 9.84. The van der Waals surface area contributed by atoms with Gasteiger partial charge in [0.25, 0.3) is 0 Å². The lowest BCUT2D eigenvalue weighted by Crippen LogP contribution is -2.37. The summed E-state index contributed by atoms with van der Waals surface area (Å²) >= 11 is 1.86. The first-order valence-corrected chi connectivity index (χ1v) is 14.5. The molecule has 0 fully saturated rings. The molecular weight excluding hydrogens is 506 g/mol. The molecule has 0 amide bonds. The normalized spacial score (nSPS) is 17.0. The number of hydrogen-bond acceptors (Lipinski definition) is 2. The minimum absolute atomic E-state index is 0.468. The van der Waals surface area contributed by atoms with Gasteiger partial charge in [-0.1, -0.05) is 103 Å². The van der Waals surface area contributed by atoms with Crippen LogP contribution < -0.4 is 0 Å². The maximum Gasteiger partial charge on any atom is 0.136 e. The molecule has 10 rings (SSSR count). The van der Waals surface area contributed by atoms with Crippen molar-refractivity contribution in [3.8, 4) is 5.69 Å². The summed E-state index contributed by atoms with van der Waals surface area (Å²) < 4.78 is 8.88. The van der Waals surface area contributed by atoms with E-state index in [1.54, 1.807) is 0 Å². The fourth-order valence-electron chi connectivity index (χ4n) is 7.54. The van der Waals surface area contributed by atoms with E-state index in [0.29, 0.717) is 0 Å². The summed E-state index contributed by atoms with van der Waals surface area (Å²) in [6.07, 6.45) is 0. The molecule has 2 nitrogen and oxygen atoms in total. The summed E-state index contributed by atoms with van der Waals surface area (Å²) in [5.41, 5.74) is 10.5. The SMILES string of the molecule is c1ccc2c(c1)Sc1cc3oc4ccccc4c3cc1C21c2ccccc2-n2c3ccccc3c3cccc1c32. The molecule has 2 aromatic heterocycles. The highest BCUT2D eigenvalue weighted by Gasteiger charge is 2.49. The van der Waals surface area contributed by atoms with Crippen molar-refractivity contribution in [2.75, 3.05) is 0 Å². The van der Waals surface area contributed by atoms with Crippen LogP contribution in [0.3, 0.4) is 0 Å². The Morgan fingerprint density at radius 3 is 2.17 bits per heavy atom. The molecule has 186 valence electrons. The maximum absolute atomic E-state index is 6.39. The minimum atomic E-state index is -0.468. The van der Waals surface area contributed by atoms with Crippen molar-refractivity contribution >= 4 is 55.5 Å². The highest BCUT2D eigenvalue weighted by atomic mass is 32.2. The van der Waals surface area contributed by atoms with Crippen LogP contribution >= 0.6 is 11.8 Å². The average Bonchev–Trinajstić information content (AvgIpc) is 3.54. The number of benzene rings is 6. The van der Waals surface area contributed by atoms with Crippen LogP contribution in [-0.2, 0) is 5.41 Å². The van der Waals surface area contributed by atoms with E-state index in [1.807, 2.05) is 17.8 Å². The monoisotopic (exact) mass is 527 g/mol. The molecule has 2 aliphatic heterocycles. The molecule has 1 spiro atoms. The minimum Gasteiger partial charge on any atom is -0.456 e. The highest BCUT2D eigenvalue weighted by molar-refractivity contribution is 7.99. The molecule has 3 heteroatoms. The highest BCUT2D eigenvalue weighted by Crippen LogP contribution is 2.61. The third kappa shape index (κ3) is 2.36. The number of nitrogens with zero attached hydrogens (tertiary/aromatic N) is 1. The maximum atomic E-state index is 6.39. The molecule has 1 unspecified atom stereocenters. The number of furan rings is 1. The number of hydrogen-bond donors (Lipinski definition) is 0. The zero-order valence-electron chi connectivity index (χ0n) is 21.4. The largest absolute Gasteiger partial charge is 0.456 e. The van der Waals surface area contributed by atoms with Crippen molar-refractivity contribution < 1.29 is 4.42 Å². The van der Waals surface area contributed by atoms with E-state index in [2.05, 4.69) is 126 Å². The number of fused-ring (bicyclic) bond motifs is 14. The van der Waals surface area contributed by atoms with Gasteiger partial charge in [-0.25, -0.2) is 0 Å². The molecule has 4 heterocycles. The third-order valence-electron chi connectivity index (χ3n) is 9.04. The van der Waals surface area contributed by atoms with Crippen molar-refractivity contribution in [2.24, 2.45) is 0 Å². The Kier molecular flexibility index (Phi) is 3.84. The Labute approximate surface area is 234 Å². The fraction of sp³-hybridized carbons (Fsp3) is 0.0270. The van der Waals surface area contributed by atoms with Gasteiger partial charge in [-0.05, 0) is 58.7 Å². The van der Waals surface area contributed by atoms with E-state index in [1.165, 1.54) is 64.9 Å². The number of aromatic nitrogens is 1. The van der Waals surface area contributed by atoms with Gasteiger partial charge in [0.2, 0.25) is 0 Å². The summed E-state index contributed by atoms with van der Waals surface area (Å²) in [4.78, 5) is 2.54. The predicted molar refractivity (Wildman–Crippen MR) is 164 cm³/mol. The Morgan fingerprint density at radius 2 is 1.23 bits per heavy atom. The summed E-state index contributed by atoms with van der Waals surface area (Å²) in [6.45, 7) is 0. The van der Waals surface area contributed by atoms with Crippen LogP contribution in [0.25, 0.3) is 49.4 Å². The second-order valence-electron chi connectivity index (χ2n) is 10.9. The summed E-state index contributed by atoms with van der Waals surface area (Å²) in [5, 5.41) is 4.93. The lowest BCUT2D eigenvalue weighted by molar-refractivity contribution is 0.662. The van der Waals surface area contributed by atoms with Crippen molar-refractivity contribution in [3.05, 3.63) is 150 Å². The molecule has 0 saturated carbocycles. The van der Waals surface area contributed by atoms with Crippen LogP contribution in [-0.4, -0.2) is 4.57 Å². The van der Waals surface area contributed by atoms with Gasteiger partial charge in [0.15, 0.2) is 0 Å². The van der Waals surface area contributed by atoms with Gasteiger partial charge < -0.3 is 8.98 Å². The Morgan fingerprint density at radius 1 is 0.500 bits per heavy atom. The molecule has 0 bridgehead atoms. The molecule has 40 heavy (non-hydrogen) atoms. The smallest absolute Gasteiger partial charge is 0.136 e. The van der Waals surface area contributed by atoms with Crippen LogP contribution in [0.4, 0.5) is 0 Å². The van der Waals surface area contributed by atoms with Crippen LogP contribution in [0.2, 0.25) is 0 Å². The molecule has 0 aliphatic carbocycles. The quantitative estimate of drug-likeness (QED) is 0.195. The van der Waals surface area contributed by atoms with E-state index < -0.39 is 5.41 Å². The first kappa shape index (κ1) is 21.1. The Hall–Kier alpha value is -4.73. The molecule has 2 aliphatic rings. The zero-order valence-corrected chi connectivity index (χ0v) is 22.2. The van der Waals surface area contributed by atoms with E-state index in [-0.39, 0.29) is 0 Å². The van der Waals surface area contributed by atoms with Crippen molar-refractivity contribution in [1.29, 1.82) is 0 Å². The van der Waals surface area contributed by atoms with Crippen LogP contribution in [0.15, 0.2) is 142 Å². The Balaban J connectivity index is 1.48. The van der Waals surface area contributed by atoms with Crippen molar-refractivity contribution in [3.63, 3.8) is 0 Å². The zero-order chi connectivity index (χ0) is 26.0. The van der Waals surface area contributed by atoms with E-state index in [4.69, 9.17) is 4.42 Å². The molecule has 8 aromatic rings. The molecule has 0 N–H and O–H groups in total. The summed E-state index contributed by atoms with van der Waals surface area (Å²) in [5.74, 6) is 0. The molecule has 0 saturated heterocycles. The lowest BCUT2D eigenvalue weighted by Gasteiger charge is -2.45. The topological polar surface area (TPSA) is 18.1 Å². The number of rotatable bonds is 0. The molecule has 6 aromatic carbocycles. The standard InChI is InChI=1S/C37H21NOS/c1-5-16-30-22(10-1)24-12-9-15-28-36(24)38(30)31-17-6-3-13-26(31)37(28)27-14-4-8-19-34(27)40-35-21-33-25(20-29(35)37)23-11-2-7-18-32(23)39-33/h1-21H. The second-order valence-corrected chi connectivity index (χ2v) is 11.9. The van der Waals surface area contributed by atoms with Crippen molar-refractivity contribution in [1.82, 2.24) is 4.57 Å². The molecule has 0 radical (unpaired) electrons. The van der Waals surface area contributed by atoms with Crippen LogP contribution in [0.5, 0.6) is 0 Å². The van der Waals surface area contributed by atoms with E-state index >= 15 is 0 Å². The van der Waals surface area contributed by atoms with Crippen molar-refractivity contribution in [2.45, 2.75) is 15.2 Å². The van der Waals surface area contributed by atoms with Gasteiger partial charge >= 0.3 is 0 Å². The summed E-state index contributed by atoms with van der Waals surface area (Å²) in [7, 11) is 0. The second kappa shape index (κ2) is 7.26. The van der Waals surface area contributed by atoms with Gasteiger partial charge in [0, 0.05) is 31.3 Å². The summed E-state index contributed by atoms with van der Waals surface area (Å²) in [6, 6.07) is 46.8. The average molecular weight is 528 g/mol. The number of para-hydroxylation sites is 4. The van der Waals surface area contributed by atoms with Gasteiger partial charge in [0.1, 0.15) is 11.2 Å². The lowest BCUT2D eigenvalue weighted by atomic mass is 9.62. The van der Waals surface area contributed by atoms with Gasteiger partial charge in [0.05, 0.1) is 22.1 Å². The van der Waals surface area contributed by atoms with E-state index in [0.717, 1.165) is 16.6 Å². The van der Waals surface area contributed by atoms with Crippen LogP contribution in [0.1, 0.15) is 22.3 Å². The third-order valence-corrected chi connectivity index (χ3v) is 10.2. The fourth-order valence-corrected chi connectivity index (χ4v) is 8.74. The van der Waals surface area contributed by atoms with Gasteiger partial charge in [-0.2, -0.15) is 0 Å². The molecular formula is C37H21NOS. The Bertz CT molecular complexity index is 2370. The van der Waals surface area contributed by atoms with E-state index in [9.17, 15) is 0 Å². The van der Waals surface area contributed by atoms with Gasteiger partial charge in [-0.3, -0.25) is 0 Å². The first-order valence-electron chi connectivity index (χ1n) is 13.7.